The first-order valence-electron chi connectivity index (χ1n) is 12.3. The van der Waals surface area contributed by atoms with Crippen molar-refractivity contribution in [2.45, 2.75) is 59.4 Å². The number of aryl methyl sites for hydroxylation is 1. The molecule has 2 aromatic heterocycles. The van der Waals surface area contributed by atoms with Gasteiger partial charge >= 0.3 is 12.1 Å². The maximum atomic E-state index is 13.5. The Kier molecular flexibility index (Phi) is 9.19. The van der Waals surface area contributed by atoms with Gasteiger partial charge in [-0.2, -0.15) is 32.8 Å². The number of carbonyl (C=O) groups is 1. The lowest BCUT2D eigenvalue weighted by Crippen LogP contribution is -2.30. The first-order chi connectivity index (χ1) is 18.0. The van der Waals surface area contributed by atoms with Crippen molar-refractivity contribution in [2.75, 3.05) is 13.2 Å². The monoisotopic (exact) mass is 583 g/mol. The summed E-state index contributed by atoms with van der Waals surface area (Å²) in [6.07, 6.45) is -2.09. The van der Waals surface area contributed by atoms with Crippen LogP contribution in [0.5, 0.6) is 5.88 Å². The third kappa shape index (κ3) is 8.06. The molecule has 213 valence electrons. The Morgan fingerprint density at radius 2 is 1.85 bits per heavy atom. The van der Waals surface area contributed by atoms with Gasteiger partial charge in [0, 0.05) is 36.2 Å². The van der Waals surface area contributed by atoms with Gasteiger partial charge in [-0.05, 0) is 44.0 Å². The van der Waals surface area contributed by atoms with Crippen LogP contribution < -0.4 is 4.74 Å². The van der Waals surface area contributed by atoms with E-state index in [1.807, 2.05) is 6.92 Å². The first kappa shape index (κ1) is 30.6. The van der Waals surface area contributed by atoms with Crippen LogP contribution in [0.1, 0.15) is 25.1 Å². The van der Waals surface area contributed by atoms with Gasteiger partial charge in [0.05, 0.1) is 10.4 Å². The van der Waals surface area contributed by atoms with Crippen molar-refractivity contribution in [3.05, 3.63) is 52.9 Å². The zero-order valence-corrected chi connectivity index (χ0v) is 24.6. The van der Waals surface area contributed by atoms with Gasteiger partial charge in [0.2, 0.25) is 5.88 Å². The Morgan fingerprint density at radius 1 is 1.15 bits per heavy atom. The number of halogens is 4. The minimum atomic E-state index is -4.61. The molecular weight excluding hydrogens is 551 g/mol. The van der Waals surface area contributed by atoms with Crippen LogP contribution in [-0.4, -0.2) is 46.9 Å². The van der Waals surface area contributed by atoms with E-state index >= 15 is 0 Å². The molecule has 1 N–H and O–H groups in total. The van der Waals surface area contributed by atoms with Crippen LogP contribution in [0.2, 0.25) is 30.7 Å². The largest absolute Gasteiger partial charge is 0.481 e. The van der Waals surface area contributed by atoms with Gasteiger partial charge in [0.15, 0.2) is 5.69 Å². The average molecular weight is 584 g/mol. The minimum absolute atomic E-state index is 0.0525. The fraction of sp³-hybridized carbons (Fsp3) is 0.444. The Morgan fingerprint density at radius 3 is 2.41 bits per heavy atom. The molecule has 0 aliphatic heterocycles. The van der Waals surface area contributed by atoms with E-state index in [4.69, 9.17) is 21.1 Å². The highest BCUT2D eigenvalue weighted by Crippen LogP contribution is 2.36. The molecule has 0 radical (unpaired) electrons. The molecule has 0 aliphatic carbocycles. The third-order valence-electron chi connectivity index (χ3n) is 6.06. The Bertz CT molecular complexity index is 1340. The maximum absolute atomic E-state index is 13.5. The SMILES string of the molecule is Cc1cc(OCC(C)(C)C(=O)O)ncc1-c1ccc(-c2nc(C(F)(F)F)cn2COCC[Si-](C)(C)C)c(Cl)c1. The summed E-state index contributed by atoms with van der Waals surface area (Å²) in [4.78, 5) is 19.4. The number of hydrogen-bond donors (Lipinski definition) is 1. The van der Waals surface area contributed by atoms with Gasteiger partial charge in [-0.15, -0.1) is 14.1 Å². The van der Waals surface area contributed by atoms with Gasteiger partial charge in [-0.3, -0.25) is 4.79 Å². The Labute approximate surface area is 232 Å². The van der Waals surface area contributed by atoms with E-state index in [-0.39, 0.29) is 30.1 Å². The zero-order valence-electron chi connectivity index (χ0n) is 22.8. The smallest absolute Gasteiger partial charge is 0.434 e. The van der Waals surface area contributed by atoms with Crippen molar-refractivity contribution >= 4 is 25.6 Å². The van der Waals surface area contributed by atoms with Crippen molar-refractivity contribution < 1.29 is 32.5 Å². The summed E-state index contributed by atoms with van der Waals surface area (Å²) in [6, 6.07) is 7.57. The van der Waals surface area contributed by atoms with E-state index in [2.05, 4.69) is 29.6 Å². The summed E-state index contributed by atoms with van der Waals surface area (Å²) in [6.45, 7) is 11.9. The summed E-state index contributed by atoms with van der Waals surface area (Å²) in [5, 5.41) is 9.48. The van der Waals surface area contributed by atoms with Crippen LogP contribution in [-0.2, 0) is 22.4 Å². The minimum Gasteiger partial charge on any atom is -0.481 e. The van der Waals surface area contributed by atoms with Gasteiger partial charge < -0.3 is 19.1 Å². The number of rotatable bonds is 11. The lowest BCUT2D eigenvalue weighted by atomic mass is 9.95. The highest BCUT2D eigenvalue weighted by atomic mass is 35.5. The number of nitrogens with zero attached hydrogens (tertiary/aromatic N) is 3. The van der Waals surface area contributed by atoms with E-state index in [0.717, 1.165) is 23.4 Å². The van der Waals surface area contributed by atoms with Crippen molar-refractivity contribution in [3.8, 4) is 28.4 Å². The molecule has 0 spiro atoms. The number of carboxylic acid groups (broad SMARTS) is 1. The van der Waals surface area contributed by atoms with Crippen LogP contribution in [0.25, 0.3) is 22.5 Å². The molecule has 0 bridgehead atoms. The summed E-state index contributed by atoms with van der Waals surface area (Å²) in [5.41, 5.74) is 0.483. The summed E-state index contributed by atoms with van der Waals surface area (Å²) in [5.74, 6) is -0.637. The molecule has 0 unspecified atom stereocenters. The molecule has 0 atom stereocenters. The number of pyridine rings is 1. The number of alkyl halides is 3. The normalized spacial score (nSPS) is 12.6. The van der Waals surface area contributed by atoms with E-state index in [1.165, 1.54) is 4.57 Å². The van der Waals surface area contributed by atoms with Gasteiger partial charge in [0.1, 0.15) is 19.2 Å². The number of aliphatic carboxylic acids is 1. The molecule has 7 nitrogen and oxygen atoms in total. The highest BCUT2D eigenvalue weighted by molar-refractivity contribution is 6.76. The molecule has 12 heteroatoms. The predicted molar refractivity (Wildman–Crippen MR) is 147 cm³/mol. The lowest BCUT2D eigenvalue weighted by Gasteiger charge is -2.26. The second kappa shape index (κ2) is 11.7. The molecule has 0 saturated heterocycles. The molecular formula is C27H33ClF3N3O4Si-. The summed E-state index contributed by atoms with van der Waals surface area (Å²) < 4.78 is 53.0. The highest BCUT2D eigenvalue weighted by Gasteiger charge is 2.35. The van der Waals surface area contributed by atoms with Crippen molar-refractivity contribution in [1.29, 1.82) is 0 Å². The number of ether oxygens (including phenoxy) is 2. The number of aromatic nitrogens is 3. The fourth-order valence-electron chi connectivity index (χ4n) is 3.50. The van der Waals surface area contributed by atoms with Crippen LogP contribution in [0.4, 0.5) is 13.2 Å². The molecule has 0 fully saturated rings. The Hall–Kier alpha value is -2.89. The average Bonchev–Trinajstić information content (AvgIpc) is 3.24. The van der Waals surface area contributed by atoms with Gasteiger partial charge in [-0.1, -0.05) is 17.7 Å². The number of carboxylic acids is 1. The van der Waals surface area contributed by atoms with Crippen LogP contribution >= 0.6 is 11.6 Å². The van der Waals surface area contributed by atoms with E-state index in [0.29, 0.717) is 17.7 Å². The summed E-state index contributed by atoms with van der Waals surface area (Å²) >= 11 is 6.57. The molecule has 0 aliphatic rings. The van der Waals surface area contributed by atoms with Crippen molar-refractivity contribution in [3.63, 3.8) is 0 Å². The third-order valence-corrected chi connectivity index (χ3v) is 8.08. The second-order valence-electron chi connectivity index (χ2n) is 11.3. The summed E-state index contributed by atoms with van der Waals surface area (Å²) in [7, 11) is -1.36. The number of imidazole rings is 1. The zero-order chi connectivity index (χ0) is 29.2. The first-order valence-corrected chi connectivity index (χ1v) is 16.4. The standard InChI is InChI=1S/C27H33ClF3N3O4Si/c1-17-11-23(38-15-26(2,3)25(35)36)32-13-20(17)18-7-8-19(21(28)12-18)24-33-22(27(29,30)31)14-34(24)16-37-9-10-39(4,5)6/h7-8,11-14H,9-10,15-16H2,1-6H3,(H,35,36)/q-1. The van der Waals surface area contributed by atoms with Crippen LogP contribution in [0.3, 0.4) is 0 Å². The molecule has 0 saturated carbocycles. The number of benzene rings is 1. The van der Waals surface area contributed by atoms with E-state index in [9.17, 15) is 23.1 Å². The quantitative estimate of drug-likeness (QED) is 0.187. The van der Waals surface area contributed by atoms with Gasteiger partial charge in [0.25, 0.3) is 0 Å². The molecule has 3 aromatic rings. The molecule has 1 aromatic carbocycles. The lowest BCUT2D eigenvalue weighted by molar-refractivity contribution is -0.148. The molecule has 3 rings (SSSR count). The van der Waals surface area contributed by atoms with E-state index < -0.39 is 31.3 Å². The van der Waals surface area contributed by atoms with Crippen LogP contribution in [0.15, 0.2) is 36.7 Å². The van der Waals surface area contributed by atoms with Crippen LogP contribution in [0, 0.1) is 12.3 Å². The Balaban J connectivity index is 1.86. The fourth-order valence-corrected chi connectivity index (χ4v) is 4.52. The number of hydrogen-bond acceptors (Lipinski definition) is 5. The maximum Gasteiger partial charge on any atom is 0.434 e. The van der Waals surface area contributed by atoms with Crippen molar-refractivity contribution in [2.24, 2.45) is 5.41 Å². The van der Waals surface area contributed by atoms with Crippen molar-refractivity contribution in [1.82, 2.24) is 14.5 Å². The van der Waals surface area contributed by atoms with E-state index in [1.54, 1.807) is 44.3 Å². The molecule has 2 heterocycles. The molecule has 0 amide bonds. The predicted octanol–water partition coefficient (Wildman–Crippen LogP) is 7.39. The van der Waals surface area contributed by atoms with Gasteiger partial charge in [-0.25, -0.2) is 9.97 Å². The topological polar surface area (TPSA) is 86.5 Å². The molecule has 39 heavy (non-hydrogen) atoms. The second-order valence-corrected chi connectivity index (χ2v) is 17.3.